The lowest BCUT2D eigenvalue weighted by molar-refractivity contribution is 0.00578. The molecule has 0 aliphatic carbocycles. The molecule has 4 nitrogen and oxygen atoms in total. The monoisotopic (exact) mass is 266 g/mol. The van der Waals surface area contributed by atoms with Crippen LogP contribution in [0.15, 0.2) is 12.1 Å². The lowest BCUT2D eigenvalue weighted by atomic mass is 9.83. The second-order valence-corrected chi connectivity index (χ2v) is 5.85. The van der Waals surface area contributed by atoms with Crippen LogP contribution in [0, 0.1) is 5.95 Å². The highest BCUT2D eigenvalue weighted by Gasteiger charge is 2.52. The van der Waals surface area contributed by atoms with Gasteiger partial charge in [-0.3, -0.25) is 0 Å². The Balaban J connectivity index is 2.29. The molecule has 2 heterocycles. The Morgan fingerprint density at radius 1 is 1.21 bits per heavy atom. The molecule has 0 amide bonds. The van der Waals surface area contributed by atoms with Crippen LogP contribution in [0.1, 0.15) is 33.3 Å². The first kappa shape index (κ1) is 14.4. The molecule has 1 aromatic rings. The van der Waals surface area contributed by atoms with Crippen molar-refractivity contribution in [3.63, 3.8) is 0 Å². The van der Waals surface area contributed by atoms with Crippen molar-refractivity contribution >= 4 is 12.7 Å². The minimum Gasteiger partial charge on any atom is -0.398 e. The normalized spacial score (nSPS) is 20.8. The van der Waals surface area contributed by atoms with Gasteiger partial charge >= 0.3 is 7.12 Å². The standard InChI is InChI=1S/C13H20BFN2O2/c1-12(2)13(3,4)19-14(18-12)10-7-9(5-6-16)8-11(15)17-10/h7-8H,5-6,16H2,1-4H3. The molecule has 1 aromatic heterocycles. The number of nitrogens with zero attached hydrogens (tertiary/aromatic N) is 1. The smallest absolute Gasteiger partial charge is 0.398 e. The SMILES string of the molecule is CC1(C)OB(c2cc(CCN)cc(F)n2)OC1(C)C. The molecule has 0 radical (unpaired) electrons. The lowest BCUT2D eigenvalue weighted by Crippen LogP contribution is -2.41. The average Bonchev–Trinajstić information content (AvgIpc) is 2.48. The summed E-state index contributed by atoms with van der Waals surface area (Å²) in [4.78, 5) is 3.87. The van der Waals surface area contributed by atoms with Gasteiger partial charge in [0.05, 0.1) is 16.8 Å². The molecule has 6 heteroatoms. The topological polar surface area (TPSA) is 57.4 Å². The summed E-state index contributed by atoms with van der Waals surface area (Å²) in [6, 6.07) is 3.18. The zero-order valence-electron chi connectivity index (χ0n) is 11.9. The number of nitrogens with two attached hydrogens (primary N) is 1. The van der Waals surface area contributed by atoms with Crippen molar-refractivity contribution in [3.8, 4) is 0 Å². The average molecular weight is 266 g/mol. The maximum atomic E-state index is 13.5. The number of aromatic nitrogens is 1. The number of rotatable bonds is 3. The van der Waals surface area contributed by atoms with E-state index in [1.165, 1.54) is 6.07 Å². The fourth-order valence-electron chi connectivity index (χ4n) is 1.97. The van der Waals surface area contributed by atoms with Gasteiger partial charge in [0.15, 0.2) is 0 Å². The van der Waals surface area contributed by atoms with Crippen LogP contribution in [0.5, 0.6) is 0 Å². The van der Waals surface area contributed by atoms with E-state index in [2.05, 4.69) is 4.98 Å². The van der Waals surface area contributed by atoms with Crippen LogP contribution < -0.4 is 11.3 Å². The van der Waals surface area contributed by atoms with E-state index in [-0.39, 0.29) is 0 Å². The van der Waals surface area contributed by atoms with Crippen LogP contribution in [0.25, 0.3) is 0 Å². The van der Waals surface area contributed by atoms with Gasteiger partial charge in [0, 0.05) is 0 Å². The Labute approximate surface area is 113 Å². The molecule has 1 saturated heterocycles. The summed E-state index contributed by atoms with van der Waals surface area (Å²) in [6.07, 6.45) is 0.603. The van der Waals surface area contributed by atoms with Crippen molar-refractivity contribution in [3.05, 3.63) is 23.6 Å². The van der Waals surface area contributed by atoms with E-state index in [0.29, 0.717) is 18.6 Å². The third-order valence-electron chi connectivity index (χ3n) is 3.80. The van der Waals surface area contributed by atoms with Crippen molar-refractivity contribution in [1.82, 2.24) is 4.98 Å². The number of pyridine rings is 1. The zero-order valence-corrected chi connectivity index (χ0v) is 11.9. The highest BCUT2D eigenvalue weighted by molar-refractivity contribution is 6.61. The predicted octanol–water partition coefficient (Wildman–Crippen LogP) is 1.02. The number of halogens is 1. The fourth-order valence-corrected chi connectivity index (χ4v) is 1.97. The molecule has 2 N–H and O–H groups in total. The number of hydrogen-bond donors (Lipinski definition) is 1. The molecule has 0 aromatic carbocycles. The van der Waals surface area contributed by atoms with Crippen LogP contribution in [0.3, 0.4) is 0 Å². The van der Waals surface area contributed by atoms with Gasteiger partial charge in [-0.05, 0) is 58.4 Å². The predicted molar refractivity (Wildman–Crippen MR) is 72.7 cm³/mol. The minimum absolute atomic E-state index is 0.459. The summed E-state index contributed by atoms with van der Waals surface area (Å²) in [5.74, 6) is -0.532. The van der Waals surface area contributed by atoms with E-state index < -0.39 is 24.3 Å². The second kappa shape index (κ2) is 4.85. The first-order chi connectivity index (χ1) is 8.75. The van der Waals surface area contributed by atoms with E-state index in [9.17, 15) is 4.39 Å². The summed E-state index contributed by atoms with van der Waals surface area (Å²) >= 11 is 0. The van der Waals surface area contributed by atoms with Crippen LogP contribution in [0.2, 0.25) is 0 Å². The molecule has 104 valence electrons. The summed E-state index contributed by atoms with van der Waals surface area (Å²) in [6.45, 7) is 8.27. The molecular formula is C13H20BFN2O2. The van der Waals surface area contributed by atoms with Crippen molar-refractivity contribution in [2.75, 3.05) is 6.54 Å². The molecule has 1 aliphatic heterocycles. The Hall–Kier alpha value is -0.975. The molecule has 0 bridgehead atoms. The van der Waals surface area contributed by atoms with Gasteiger partial charge in [0.25, 0.3) is 0 Å². The summed E-state index contributed by atoms with van der Waals surface area (Å²) in [5, 5.41) is 0. The molecule has 0 atom stereocenters. The van der Waals surface area contributed by atoms with E-state index in [1.54, 1.807) is 6.07 Å². The molecule has 0 unspecified atom stereocenters. The van der Waals surface area contributed by atoms with Crippen LogP contribution in [-0.2, 0) is 15.7 Å². The minimum atomic E-state index is -0.641. The van der Waals surface area contributed by atoms with Gasteiger partial charge in [-0.15, -0.1) is 0 Å². The highest BCUT2D eigenvalue weighted by Crippen LogP contribution is 2.36. The van der Waals surface area contributed by atoms with Crippen molar-refractivity contribution in [1.29, 1.82) is 0 Å². The summed E-state index contributed by atoms with van der Waals surface area (Å²) < 4.78 is 25.2. The molecule has 0 spiro atoms. The third-order valence-corrected chi connectivity index (χ3v) is 3.80. The van der Waals surface area contributed by atoms with E-state index in [1.807, 2.05) is 27.7 Å². The second-order valence-electron chi connectivity index (χ2n) is 5.85. The van der Waals surface area contributed by atoms with Gasteiger partial charge in [0.2, 0.25) is 5.95 Å². The molecular weight excluding hydrogens is 246 g/mol. The van der Waals surface area contributed by atoms with E-state index in [4.69, 9.17) is 15.0 Å². The van der Waals surface area contributed by atoms with Gasteiger partial charge in [-0.1, -0.05) is 0 Å². The first-order valence-corrected chi connectivity index (χ1v) is 6.47. The molecule has 2 rings (SSSR count). The highest BCUT2D eigenvalue weighted by atomic mass is 19.1. The quantitative estimate of drug-likeness (QED) is 0.655. The van der Waals surface area contributed by atoms with Crippen molar-refractivity contribution in [2.45, 2.75) is 45.3 Å². The van der Waals surface area contributed by atoms with Gasteiger partial charge in [0.1, 0.15) is 0 Å². The molecule has 1 aliphatic rings. The maximum absolute atomic E-state index is 13.5. The summed E-state index contributed by atoms with van der Waals surface area (Å²) in [5.41, 5.74) is 5.84. The van der Waals surface area contributed by atoms with Crippen LogP contribution in [0.4, 0.5) is 4.39 Å². The largest absolute Gasteiger partial charge is 0.514 e. The van der Waals surface area contributed by atoms with Gasteiger partial charge < -0.3 is 15.0 Å². The molecule has 19 heavy (non-hydrogen) atoms. The Morgan fingerprint density at radius 2 is 1.79 bits per heavy atom. The fraction of sp³-hybridized carbons (Fsp3) is 0.615. The van der Waals surface area contributed by atoms with E-state index >= 15 is 0 Å². The zero-order chi connectivity index (χ0) is 14.3. The van der Waals surface area contributed by atoms with Gasteiger partial charge in [-0.25, -0.2) is 4.98 Å². The van der Waals surface area contributed by atoms with Crippen molar-refractivity contribution < 1.29 is 13.7 Å². The number of hydrogen-bond acceptors (Lipinski definition) is 4. The lowest BCUT2D eigenvalue weighted by Gasteiger charge is -2.32. The van der Waals surface area contributed by atoms with Crippen LogP contribution >= 0.6 is 0 Å². The molecule has 0 saturated carbocycles. The van der Waals surface area contributed by atoms with E-state index in [0.717, 1.165) is 5.56 Å². The summed E-state index contributed by atoms with van der Waals surface area (Å²) in [7, 11) is -0.641. The first-order valence-electron chi connectivity index (χ1n) is 6.47. The third kappa shape index (κ3) is 2.80. The molecule has 1 fully saturated rings. The Bertz CT molecular complexity index is 464. The maximum Gasteiger partial charge on any atom is 0.514 e. The Kier molecular flexibility index (Phi) is 3.68. The Morgan fingerprint density at radius 3 is 2.32 bits per heavy atom. The van der Waals surface area contributed by atoms with Gasteiger partial charge in [-0.2, -0.15) is 4.39 Å². The van der Waals surface area contributed by atoms with Crippen LogP contribution in [-0.4, -0.2) is 29.8 Å². The van der Waals surface area contributed by atoms with Crippen molar-refractivity contribution in [2.24, 2.45) is 5.73 Å².